The predicted octanol–water partition coefficient (Wildman–Crippen LogP) is 4.82. The van der Waals surface area contributed by atoms with Crippen LogP contribution in [-0.4, -0.2) is 32.6 Å². The summed E-state index contributed by atoms with van der Waals surface area (Å²) in [6, 6.07) is 9.54. The Morgan fingerprint density at radius 1 is 1.17 bits per heavy atom. The number of rotatable bonds is 6. The molecule has 0 bridgehead atoms. The zero-order valence-corrected chi connectivity index (χ0v) is 17.7. The number of carbonyl (C=O) groups excluding carboxylic acids is 2. The van der Waals surface area contributed by atoms with Crippen LogP contribution in [0, 0.1) is 11.7 Å². The van der Waals surface area contributed by atoms with Gasteiger partial charge in [0, 0.05) is 16.5 Å². The summed E-state index contributed by atoms with van der Waals surface area (Å²) in [6.45, 7) is 1.77. The Bertz CT molecular complexity index is 981. The molecule has 0 saturated heterocycles. The number of allylic oxidation sites excluding steroid dienone is 2. The number of ether oxygens (including phenoxy) is 3. The van der Waals surface area contributed by atoms with Gasteiger partial charge < -0.3 is 14.2 Å². The molecule has 0 unspecified atom stereocenters. The maximum absolute atomic E-state index is 14.7. The van der Waals surface area contributed by atoms with E-state index in [1.807, 2.05) is 0 Å². The van der Waals surface area contributed by atoms with Gasteiger partial charge in [-0.15, -0.1) is 0 Å². The number of carbonyl (C=O) groups is 2. The molecule has 0 aliphatic heterocycles. The normalized spacial score (nSPS) is 18.6. The van der Waals surface area contributed by atoms with Crippen LogP contribution in [0.25, 0.3) is 5.57 Å². The van der Waals surface area contributed by atoms with Gasteiger partial charge in [0.15, 0.2) is 17.3 Å². The summed E-state index contributed by atoms with van der Waals surface area (Å²) >= 11 is 6.28. The Morgan fingerprint density at radius 2 is 1.90 bits per heavy atom. The van der Waals surface area contributed by atoms with Crippen LogP contribution in [-0.2, 0) is 14.3 Å². The molecule has 0 fully saturated rings. The maximum atomic E-state index is 14.7. The van der Waals surface area contributed by atoms with Crippen LogP contribution in [0.4, 0.5) is 4.39 Å². The second kappa shape index (κ2) is 9.30. The Kier molecular flexibility index (Phi) is 6.77. The van der Waals surface area contributed by atoms with Crippen molar-refractivity contribution in [2.24, 2.45) is 5.92 Å². The average Bonchev–Trinajstić information content (AvgIpc) is 2.72. The van der Waals surface area contributed by atoms with Gasteiger partial charge in [-0.2, -0.15) is 0 Å². The van der Waals surface area contributed by atoms with E-state index < -0.39 is 29.4 Å². The lowest BCUT2D eigenvalue weighted by molar-refractivity contribution is -0.151. The minimum atomic E-state index is -1.16. The lowest BCUT2D eigenvalue weighted by Gasteiger charge is -2.30. The zero-order valence-electron chi connectivity index (χ0n) is 16.9. The monoisotopic (exact) mass is 432 g/mol. The summed E-state index contributed by atoms with van der Waals surface area (Å²) < 4.78 is 30.4. The van der Waals surface area contributed by atoms with E-state index >= 15 is 0 Å². The van der Waals surface area contributed by atoms with Crippen LogP contribution in [0.3, 0.4) is 0 Å². The first-order chi connectivity index (χ1) is 14.4. The third kappa shape index (κ3) is 4.19. The highest BCUT2D eigenvalue weighted by Gasteiger charge is 2.41. The second-order valence-electron chi connectivity index (χ2n) is 6.82. The molecule has 0 heterocycles. The van der Waals surface area contributed by atoms with E-state index in [0.717, 1.165) is 0 Å². The number of hydrogen-bond acceptors (Lipinski definition) is 5. The highest BCUT2D eigenvalue weighted by Crippen LogP contribution is 2.44. The van der Waals surface area contributed by atoms with Gasteiger partial charge in [-0.1, -0.05) is 23.7 Å². The van der Waals surface area contributed by atoms with Gasteiger partial charge in [0.25, 0.3) is 0 Å². The van der Waals surface area contributed by atoms with Crippen molar-refractivity contribution in [3.05, 3.63) is 64.4 Å². The summed E-state index contributed by atoms with van der Waals surface area (Å²) in [5.41, 5.74) is 1.49. The minimum Gasteiger partial charge on any atom is -0.493 e. The van der Waals surface area contributed by atoms with Gasteiger partial charge in [-0.3, -0.25) is 9.59 Å². The van der Waals surface area contributed by atoms with E-state index in [1.165, 1.54) is 32.4 Å². The third-order valence-corrected chi connectivity index (χ3v) is 5.46. The largest absolute Gasteiger partial charge is 0.493 e. The van der Waals surface area contributed by atoms with Gasteiger partial charge in [-0.05, 0) is 54.8 Å². The first-order valence-corrected chi connectivity index (χ1v) is 9.86. The summed E-state index contributed by atoms with van der Waals surface area (Å²) in [4.78, 5) is 25.5. The van der Waals surface area contributed by atoms with Crippen molar-refractivity contribution in [3.8, 4) is 11.5 Å². The lowest BCUT2D eigenvalue weighted by atomic mass is 9.73. The molecule has 1 aliphatic carbocycles. The molecule has 0 radical (unpaired) electrons. The Balaban J connectivity index is 2.10. The van der Waals surface area contributed by atoms with Crippen molar-refractivity contribution in [1.29, 1.82) is 0 Å². The van der Waals surface area contributed by atoms with E-state index in [-0.39, 0.29) is 23.6 Å². The molecule has 30 heavy (non-hydrogen) atoms. The van der Waals surface area contributed by atoms with E-state index in [1.54, 1.807) is 31.2 Å². The standard InChI is InChI=1S/C23H22ClFO5/c1-4-30-23(27)22-15(21-16(24)6-5-7-17(21)25)10-14(11-18(22)26)13-8-9-19(28-2)20(12-13)29-3/h5-9,11-12,15,22H,4,10H2,1-3H3/t15-,22+/m0/s1. The van der Waals surface area contributed by atoms with Crippen molar-refractivity contribution in [3.63, 3.8) is 0 Å². The SMILES string of the molecule is CCOC(=O)[C@H]1C(=O)C=C(c2ccc(OC)c(OC)c2)C[C@H]1c1c(F)cccc1Cl. The Labute approximate surface area is 179 Å². The van der Waals surface area contributed by atoms with E-state index in [4.69, 9.17) is 25.8 Å². The van der Waals surface area contributed by atoms with Crippen molar-refractivity contribution in [2.45, 2.75) is 19.3 Å². The summed E-state index contributed by atoms with van der Waals surface area (Å²) in [6.07, 6.45) is 1.64. The molecular weight excluding hydrogens is 411 g/mol. The molecular formula is C23H22ClFO5. The van der Waals surface area contributed by atoms with Crippen molar-refractivity contribution in [2.75, 3.05) is 20.8 Å². The van der Waals surface area contributed by atoms with Gasteiger partial charge in [-0.25, -0.2) is 4.39 Å². The molecule has 0 spiro atoms. The van der Waals surface area contributed by atoms with Crippen LogP contribution in [0.15, 0.2) is 42.5 Å². The summed E-state index contributed by atoms with van der Waals surface area (Å²) in [7, 11) is 3.04. The topological polar surface area (TPSA) is 61.8 Å². The Hall–Kier alpha value is -2.86. The Morgan fingerprint density at radius 3 is 2.53 bits per heavy atom. The molecule has 0 aromatic heterocycles. The third-order valence-electron chi connectivity index (χ3n) is 5.13. The van der Waals surface area contributed by atoms with Crippen LogP contribution in [0.5, 0.6) is 11.5 Å². The zero-order chi connectivity index (χ0) is 21.8. The second-order valence-corrected chi connectivity index (χ2v) is 7.22. The van der Waals surface area contributed by atoms with Crippen molar-refractivity contribution >= 4 is 28.9 Å². The lowest BCUT2D eigenvalue weighted by Crippen LogP contribution is -2.34. The molecule has 0 N–H and O–H groups in total. The fourth-order valence-electron chi connectivity index (χ4n) is 3.76. The van der Waals surface area contributed by atoms with Crippen LogP contribution in [0.1, 0.15) is 30.4 Å². The van der Waals surface area contributed by atoms with Crippen molar-refractivity contribution in [1.82, 2.24) is 0 Å². The molecule has 2 atom stereocenters. The molecule has 5 nitrogen and oxygen atoms in total. The number of halogens is 2. The average molecular weight is 433 g/mol. The van der Waals surface area contributed by atoms with Crippen molar-refractivity contribution < 1.29 is 28.2 Å². The molecule has 3 rings (SSSR count). The molecule has 1 aliphatic rings. The van der Waals surface area contributed by atoms with Crippen LogP contribution < -0.4 is 9.47 Å². The van der Waals surface area contributed by atoms with E-state index in [2.05, 4.69) is 0 Å². The summed E-state index contributed by atoms with van der Waals surface area (Å²) in [5, 5.41) is 0.163. The van der Waals surface area contributed by atoms with E-state index in [9.17, 15) is 14.0 Å². The first-order valence-electron chi connectivity index (χ1n) is 9.48. The number of benzene rings is 2. The fraction of sp³-hybridized carbons (Fsp3) is 0.304. The smallest absolute Gasteiger partial charge is 0.317 e. The first kappa shape index (κ1) is 21.8. The fourth-order valence-corrected chi connectivity index (χ4v) is 4.06. The number of methoxy groups -OCH3 is 2. The number of esters is 1. The quantitative estimate of drug-likeness (QED) is 0.484. The van der Waals surface area contributed by atoms with Crippen LogP contribution in [0.2, 0.25) is 5.02 Å². The van der Waals surface area contributed by atoms with Gasteiger partial charge in [0.05, 0.1) is 20.8 Å². The molecule has 2 aromatic carbocycles. The van der Waals surface area contributed by atoms with Gasteiger partial charge in [0.1, 0.15) is 11.7 Å². The minimum absolute atomic E-state index is 0.118. The summed E-state index contributed by atoms with van der Waals surface area (Å²) in [5.74, 6) is -2.62. The van der Waals surface area contributed by atoms with Gasteiger partial charge in [0.2, 0.25) is 0 Å². The van der Waals surface area contributed by atoms with E-state index in [0.29, 0.717) is 22.6 Å². The maximum Gasteiger partial charge on any atom is 0.317 e. The molecule has 2 aromatic rings. The molecule has 7 heteroatoms. The highest BCUT2D eigenvalue weighted by atomic mass is 35.5. The van der Waals surface area contributed by atoms with Crippen LogP contribution >= 0.6 is 11.6 Å². The molecule has 158 valence electrons. The van der Waals surface area contributed by atoms with Gasteiger partial charge >= 0.3 is 5.97 Å². The molecule has 0 amide bonds. The molecule has 0 saturated carbocycles. The number of ketones is 1. The predicted molar refractivity (Wildman–Crippen MR) is 111 cm³/mol. The highest BCUT2D eigenvalue weighted by molar-refractivity contribution is 6.31. The number of hydrogen-bond donors (Lipinski definition) is 0.